The van der Waals surface area contributed by atoms with Crippen molar-refractivity contribution in [3.05, 3.63) is 28.0 Å². The van der Waals surface area contributed by atoms with Crippen molar-refractivity contribution in [2.45, 2.75) is 32.6 Å². The van der Waals surface area contributed by atoms with Crippen LogP contribution in [0, 0.1) is 6.92 Å². The van der Waals surface area contributed by atoms with Crippen LogP contribution in [-0.2, 0) is 4.79 Å². The second kappa shape index (κ2) is 5.26. The Hall–Kier alpha value is -0.900. The second-order valence-electron chi connectivity index (χ2n) is 3.56. The van der Waals surface area contributed by atoms with Gasteiger partial charge < -0.3 is 5.11 Å². The third-order valence-corrected chi connectivity index (χ3v) is 2.85. The molecule has 1 unspecified atom stereocenters. The maximum Gasteiger partial charge on any atom is 0.312 e. The van der Waals surface area contributed by atoms with Gasteiger partial charge in [-0.25, -0.2) is 0 Å². The molecule has 1 aromatic rings. The summed E-state index contributed by atoms with van der Waals surface area (Å²) in [6, 6.07) is 1.90. The van der Waals surface area contributed by atoms with Crippen molar-refractivity contribution in [3.63, 3.8) is 0 Å². The zero-order valence-electron chi connectivity index (χ0n) is 8.83. The van der Waals surface area contributed by atoms with Crippen molar-refractivity contribution >= 4 is 21.9 Å². The Morgan fingerprint density at radius 3 is 2.80 bits per heavy atom. The Labute approximate surface area is 97.7 Å². The summed E-state index contributed by atoms with van der Waals surface area (Å²) in [5, 5.41) is 9.09. The number of carboxylic acids is 1. The summed E-state index contributed by atoms with van der Waals surface area (Å²) in [4.78, 5) is 15.3. The number of nitrogens with zero attached hydrogens (tertiary/aromatic N) is 1. The van der Waals surface area contributed by atoms with E-state index in [1.807, 2.05) is 19.9 Å². The first kappa shape index (κ1) is 12.2. The van der Waals surface area contributed by atoms with Gasteiger partial charge in [-0.15, -0.1) is 0 Å². The van der Waals surface area contributed by atoms with Crippen LogP contribution in [0.3, 0.4) is 0 Å². The average molecular weight is 272 g/mol. The van der Waals surface area contributed by atoms with E-state index in [2.05, 4.69) is 20.9 Å². The first-order valence-electron chi connectivity index (χ1n) is 4.91. The molecule has 0 aliphatic heterocycles. The highest BCUT2D eigenvalue weighted by Crippen LogP contribution is 2.27. The van der Waals surface area contributed by atoms with Crippen LogP contribution in [-0.4, -0.2) is 16.1 Å². The molecule has 0 amide bonds. The monoisotopic (exact) mass is 271 g/mol. The summed E-state index contributed by atoms with van der Waals surface area (Å²) in [6.45, 7) is 3.90. The topological polar surface area (TPSA) is 50.2 Å². The lowest BCUT2D eigenvalue weighted by Gasteiger charge is -2.12. The van der Waals surface area contributed by atoms with Gasteiger partial charge in [-0.1, -0.05) is 13.3 Å². The fourth-order valence-electron chi connectivity index (χ4n) is 1.47. The van der Waals surface area contributed by atoms with Crippen LogP contribution in [0.1, 0.15) is 36.9 Å². The summed E-state index contributed by atoms with van der Waals surface area (Å²) >= 11 is 3.36. The number of carbonyl (C=O) groups is 1. The van der Waals surface area contributed by atoms with Crippen LogP contribution >= 0.6 is 15.9 Å². The Balaban J connectivity index is 3.05. The molecule has 0 aliphatic rings. The molecule has 1 rings (SSSR count). The van der Waals surface area contributed by atoms with Gasteiger partial charge in [0, 0.05) is 10.7 Å². The number of halogens is 1. The van der Waals surface area contributed by atoms with Crippen molar-refractivity contribution in [1.29, 1.82) is 0 Å². The highest BCUT2D eigenvalue weighted by Gasteiger charge is 2.22. The number of aromatic nitrogens is 1. The van der Waals surface area contributed by atoms with Crippen molar-refractivity contribution in [2.24, 2.45) is 0 Å². The van der Waals surface area contributed by atoms with Crippen molar-refractivity contribution < 1.29 is 9.90 Å². The zero-order chi connectivity index (χ0) is 11.4. The molecular weight excluding hydrogens is 258 g/mol. The molecule has 0 spiro atoms. The molecule has 1 aromatic heterocycles. The quantitative estimate of drug-likeness (QED) is 0.916. The smallest absolute Gasteiger partial charge is 0.312 e. The third kappa shape index (κ3) is 3.02. The zero-order valence-corrected chi connectivity index (χ0v) is 10.4. The third-order valence-electron chi connectivity index (χ3n) is 2.21. The highest BCUT2D eigenvalue weighted by atomic mass is 79.9. The maximum absolute atomic E-state index is 11.1. The average Bonchev–Trinajstić information content (AvgIpc) is 2.15. The lowest BCUT2D eigenvalue weighted by Crippen LogP contribution is -2.13. The fraction of sp³-hybridized carbons (Fsp3) is 0.455. The molecule has 0 fully saturated rings. The van der Waals surface area contributed by atoms with Gasteiger partial charge in [0.1, 0.15) is 0 Å². The molecule has 0 bridgehead atoms. The first-order valence-corrected chi connectivity index (χ1v) is 5.70. The lowest BCUT2D eigenvalue weighted by atomic mass is 9.99. The highest BCUT2D eigenvalue weighted by molar-refractivity contribution is 9.10. The minimum absolute atomic E-state index is 0.509. The number of pyridine rings is 1. The fourth-order valence-corrected chi connectivity index (χ4v) is 2.21. The molecular formula is C11H14BrNO2. The molecule has 0 aliphatic carbocycles. The van der Waals surface area contributed by atoms with E-state index < -0.39 is 11.9 Å². The Morgan fingerprint density at radius 1 is 1.67 bits per heavy atom. The second-order valence-corrected chi connectivity index (χ2v) is 4.41. The molecule has 82 valence electrons. The van der Waals surface area contributed by atoms with E-state index in [-0.39, 0.29) is 0 Å². The Morgan fingerprint density at radius 2 is 2.33 bits per heavy atom. The number of rotatable bonds is 4. The standard InChI is InChI=1S/C11H14BrNO2/c1-3-4-8(11(14)15)10-9(12)5-7(2)6-13-10/h5-6,8H,3-4H2,1-2H3,(H,14,15). The molecule has 4 heteroatoms. The molecule has 3 nitrogen and oxygen atoms in total. The van der Waals surface area contributed by atoms with Gasteiger partial charge in [-0.3, -0.25) is 9.78 Å². The van der Waals surface area contributed by atoms with Gasteiger partial charge in [0.15, 0.2) is 0 Å². The van der Waals surface area contributed by atoms with Gasteiger partial charge >= 0.3 is 5.97 Å². The Kier molecular flexibility index (Phi) is 4.27. The largest absolute Gasteiger partial charge is 0.481 e. The molecule has 0 saturated carbocycles. The molecule has 1 heterocycles. The van der Waals surface area contributed by atoms with E-state index in [0.717, 1.165) is 16.5 Å². The van der Waals surface area contributed by atoms with Crippen LogP contribution in [0.5, 0.6) is 0 Å². The number of hydrogen-bond donors (Lipinski definition) is 1. The summed E-state index contributed by atoms with van der Waals surface area (Å²) in [5.74, 6) is -1.32. The van der Waals surface area contributed by atoms with Gasteiger partial charge in [-0.05, 0) is 40.9 Å². The lowest BCUT2D eigenvalue weighted by molar-refractivity contribution is -0.139. The number of aryl methyl sites for hydroxylation is 1. The van der Waals surface area contributed by atoms with Crippen LogP contribution in [0.15, 0.2) is 16.7 Å². The van der Waals surface area contributed by atoms with E-state index in [4.69, 9.17) is 5.11 Å². The molecule has 0 aromatic carbocycles. The van der Waals surface area contributed by atoms with Gasteiger partial charge in [0.2, 0.25) is 0 Å². The Bertz CT molecular complexity index is 366. The van der Waals surface area contributed by atoms with E-state index in [9.17, 15) is 4.79 Å². The molecule has 0 saturated heterocycles. The molecule has 15 heavy (non-hydrogen) atoms. The first-order chi connectivity index (χ1) is 7.06. The minimum Gasteiger partial charge on any atom is -0.481 e. The van der Waals surface area contributed by atoms with E-state index >= 15 is 0 Å². The number of aliphatic carboxylic acids is 1. The van der Waals surface area contributed by atoms with Gasteiger partial charge in [0.05, 0.1) is 11.6 Å². The van der Waals surface area contributed by atoms with E-state index in [1.54, 1.807) is 6.20 Å². The van der Waals surface area contributed by atoms with Crippen molar-refractivity contribution in [3.8, 4) is 0 Å². The minimum atomic E-state index is -0.811. The maximum atomic E-state index is 11.1. The van der Waals surface area contributed by atoms with E-state index in [1.165, 1.54) is 0 Å². The predicted molar refractivity (Wildman–Crippen MR) is 62.0 cm³/mol. The van der Waals surface area contributed by atoms with Crippen LogP contribution in [0.4, 0.5) is 0 Å². The normalized spacial score (nSPS) is 12.5. The summed E-state index contributed by atoms with van der Waals surface area (Å²) in [7, 11) is 0. The number of carboxylic acid groups (broad SMARTS) is 1. The SMILES string of the molecule is CCCC(C(=O)O)c1ncc(C)cc1Br. The van der Waals surface area contributed by atoms with Crippen molar-refractivity contribution in [2.75, 3.05) is 0 Å². The van der Waals surface area contributed by atoms with E-state index in [0.29, 0.717) is 12.1 Å². The summed E-state index contributed by atoms with van der Waals surface area (Å²) in [6.07, 6.45) is 3.15. The van der Waals surface area contributed by atoms with Crippen molar-refractivity contribution in [1.82, 2.24) is 4.98 Å². The van der Waals surface area contributed by atoms with Crippen LogP contribution < -0.4 is 0 Å². The molecule has 1 N–H and O–H groups in total. The van der Waals surface area contributed by atoms with Crippen LogP contribution in [0.25, 0.3) is 0 Å². The predicted octanol–water partition coefficient (Wildman–Crippen LogP) is 3.12. The summed E-state index contributed by atoms with van der Waals surface area (Å²) in [5.41, 5.74) is 1.64. The van der Waals surface area contributed by atoms with Gasteiger partial charge in [0.25, 0.3) is 0 Å². The number of hydrogen-bond acceptors (Lipinski definition) is 2. The van der Waals surface area contributed by atoms with Gasteiger partial charge in [-0.2, -0.15) is 0 Å². The molecule has 1 atom stereocenters. The molecule has 0 radical (unpaired) electrons. The van der Waals surface area contributed by atoms with Crippen LogP contribution in [0.2, 0.25) is 0 Å². The summed E-state index contributed by atoms with van der Waals surface area (Å²) < 4.78 is 0.781.